The van der Waals surface area contributed by atoms with Gasteiger partial charge in [-0.3, -0.25) is 9.59 Å². The number of nitrogens with zero attached hydrogens (tertiary/aromatic N) is 2. The molecule has 0 spiro atoms. The first kappa shape index (κ1) is 19.4. The van der Waals surface area contributed by atoms with E-state index in [9.17, 15) is 9.59 Å². The van der Waals surface area contributed by atoms with Crippen molar-refractivity contribution >= 4 is 33.4 Å². The average molecular weight is 410 g/mol. The number of benzene rings is 2. The summed E-state index contributed by atoms with van der Waals surface area (Å²) in [6.07, 6.45) is 1.55. The number of likely N-dealkylation sites (tertiary alicyclic amines) is 1. The Bertz CT molecular complexity index is 1000. The van der Waals surface area contributed by atoms with Crippen molar-refractivity contribution in [1.29, 1.82) is 0 Å². The van der Waals surface area contributed by atoms with E-state index in [0.29, 0.717) is 30.9 Å². The number of hydrogen-bond donors (Lipinski definition) is 1. The molecule has 29 heavy (non-hydrogen) atoms. The average Bonchev–Trinajstić information content (AvgIpc) is 3.34. The van der Waals surface area contributed by atoms with Crippen molar-refractivity contribution in [2.75, 3.05) is 19.7 Å². The number of aromatic nitrogens is 1. The molecule has 4 rings (SSSR count). The number of carbonyl (C=O) groups is 2. The molecule has 0 unspecified atom stereocenters. The zero-order chi connectivity index (χ0) is 20.2. The predicted octanol–water partition coefficient (Wildman–Crippen LogP) is 3.79. The van der Waals surface area contributed by atoms with Gasteiger partial charge >= 0.3 is 0 Å². The number of hydrogen-bond acceptors (Lipinski definition) is 5. The Hall–Kier alpha value is -2.93. The Kier molecular flexibility index (Phi) is 5.76. The monoisotopic (exact) mass is 409 g/mol. The lowest BCUT2D eigenvalue weighted by molar-refractivity contribution is -0.128. The van der Waals surface area contributed by atoms with Crippen LogP contribution in [-0.4, -0.2) is 41.4 Å². The van der Waals surface area contributed by atoms with Crippen LogP contribution in [0.2, 0.25) is 0 Å². The van der Waals surface area contributed by atoms with Crippen LogP contribution in [0.4, 0.5) is 0 Å². The van der Waals surface area contributed by atoms with E-state index in [2.05, 4.69) is 10.3 Å². The van der Waals surface area contributed by atoms with Crippen LogP contribution in [0.3, 0.4) is 0 Å². The van der Waals surface area contributed by atoms with Crippen LogP contribution in [0.15, 0.2) is 48.5 Å². The van der Waals surface area contributed by atoms with Gasteiger partial charge in [0.2, 0.25) is 5.91 Å². The van der Waals surface area contributed by atoms with Gasteiger partial charge in [0.15, 0.2) is 0 Å². The first-order chi connectivity index (χ1) is 14.1. The standard InChI is InChI=1S/C22H23N3O3S/c1-15(22-24-18-8-2-3-9-19(18)29-22)23-21(27)16-6-4-7-17(14-16)28-13-12-25-11-5-10-20(25)26/h2-4,6-9,14-15H,5,10-13H2,1H3,(H,23,27)/t15-/m0/s1. The molecule has 1 aromatic heterocycles. The number of amides is 2. The molecule has 2 aromatic carbocycles. The van der Waals surface area contributed by atoms with E-state index < -0.39 is 0 Å². The maximum absolute atomic E-state index is 12.7. The van der Waals surface area contributed by atoms with Crippen molar-refractivity contribution in [3.05, 3.63) is 59.1 Å². The Morgan fingerprint density at radius 3 is 2.93 bits per heavy atom. The van der Waals surface area contributed by atoms with Crippen LogP contribution in [0.5, 0.6) is 5.75 Å². The highest BCUT2D eigenvalue weighted by Crippen LogP contribution is 2.26. The second-order valence-corrected chi connectivity index (χ2v) is 8.14. The molecule has 1 fully saturated rings. The third-order valence-electron chi connectivity index (χ3n) is 4.93. The number of ether oxygens (including phenoxy) is 1. The SMILES string of the molecule is C[C@H](NC(=O)c1cccc(OCCN2CCCC2=O)c1)c1nc2ccccc2s1. The van der Waals surface area contributed by atoms with E-state index in [1.165, 1.54) is 0 Å². The van der Waals surface area contributed by atoms with E-state index in [1.54, 1.807) is 29.5 Å². The third-order valence-corrected chi connectivity index (χ3v) is 6.15. The second-order valence-electron chi connectivity index (χ2n) is 7.08. The number of para-hydroxylation sites is 1. The van der Waals surface area contributed by atoms with Crippen molar-refractivity contribution in [3.63, 3.8) is 0 Å². The van der Waals surface area contributed by atoms with Crippen molar-refractivity contribution in [1.82, 2.24) is 15.2 Å². The lowest BCUT2D eigenvalue weighted by atomic mass is 10.2. The number of thiazole rings is 1. The molecule has 1 saturated heterocycles. The molecule has 1 aliphatic rings. The fourth-order valence-electron chi connectivity index (χ4n) is 3.36. The zero-order valence-electron chi connectivity index (χ0n) is 16.3. The van der Waals surface area contributed by atoms with Crippen molar-refractivity contribution in [2.45, 2.75) is 25.8 Å². The third kappa shape index (κ3) is 4.56. The van der Waals surface area contributed by atoms with Crippen molar-refractivity contribution in [3.8, 4) is 5.75 Å². The maximum Gasteiger partial charge on any atom is 0.251 e. The van der Waals surface area contributed by atoms with E-state index >= 15 is 0 Å². The smallest absolute Gasteiger partial charge is 0.251 e. The van der Waals surface area contributed by atoms with Gasteiger partial charge in [0.05, 0.1) is 22.8 Å². The number of fused-ring (bicyclic) bond motifs is 1. The first-order valence-electron chi connectivity index (χ1n) is 9.77. The van der Waals surface area contributed by atoms with E-state index in [4.69, 9.17) is 4.74 Å². The molecular weight excluding hydrogens is 386 g/mol. The molecular formula is C22H23N3O3S. The molecule has 3 aromatic rings. The lowest BCUT2D eigenvalue weighted by Crippen LogP contribution is -2.29. The lowest BCUT2D eigenvalue weighted by Gasteiger charge is -2.16. The first-order valence-corrected chi connectivity index (χ1v) is 10.6. The summed E-state index contributed by atoms with van der Waals surface area (Å²) < 4.78 is 6.86. The summed E-state index contributed by atoms with van der Waals surface area (Å²) in [6.45, 7) is 3.72. The minimum absolute atomic E-state index is 0.170. The quantitative estimate of drug-likeness (QED) is 0.645. The van der Waals surface area contributed by atoms with E-state index in [1.807, 2.05) is 42.2 Å². The molecule has 0 aliphatic carbocycles. The van der Waals surface area contributed by atoms with Crippen molar-refractivity contribution in [2.24, 2.45) is 0 Å². The molecule has 0 saturated carbocycles. The predicted molar refractivity (Wildman–Crippen MR) is 113 cm³/mol. The topological polar surface area (TPSA) is 71.5 Å². The zero-order valence-corrected chi connectivity index (χ0v) is 17.1. The highest BCUT2D eigenvalue weighted by atomic mass is 32.1. The Balaban J connectivity index is 1.35. The summed E-state index contributed by atoms with van der Waals surface area (Å²) in [5.74, 6) is 0.638. The number of carbonyl (C=O) groups excluding carboxylic acids is 2. The van der Waals surface area contributed by atoms with Gasteiger partial charge in [-0.1, -0.05) is 18.2 Å². The van der Waals surface area contributed by atoms with Crippen LogP contribution >= 0.6 is 11.3 Å². The molecule has 1 N–H and O–H groups in total. The normalized spacial score (nSPS) is 14.9. The molecule has 2 heterocycles. The van der Waals surface area contributed by atoms with E-state index in [-0.39, 0.29) is 17.9 Å². The molecule has 6 nitrogen and oxygen atoms in total. The fourth-order valence-corrected chi connectivity index (χ4v) is 4.33. The number of nitrogens with one attached hydrogen (secondary N) is 1. The highest BCUT2D eigenvalue weighted by Gasteiger charge is 2.19. The summed E-state index contributed by atoms with van der Waals surface area (Å²) in [6, 6.07) is 14.9. The Labute approximate surface area is 173 Å². The molecule has 7 heteroatoms. The van der Waals surface area contributed by atoms with E-state index in [0.717, 1.165) is 28.2 Å². The highest BCUT2D eigenvalue weighted by molar-refractivity contribution is 7.18. The van der Waals surface area contributed by atoms with Gasteiger partial charge in [0.1, 0.15) is 17.4 Å². The largest absolute Gasteiger partial charge is 0.492 e. The van der Waals surface area contributed by atoms with Crippen LogP contribution in [-0.2, 0) is 4.79 Å². The van der Waals surface area contributed by atoms with Gasteiger partial charge in [-0.25, -0.2) is 4.98 Å². The number of rotatable bonds is 7. The van der Waals surface area contributed by atoms with Gasteiger partial charge in [-0.15, -0.1) is 11.3 Å². The minimum Gasteiger partial charge on any atom is -0.492 e. The second kappa shape index (κ2) is 8.61. The molecule has 0 radical (unpaired) electrons. The van der Waals surface area contributed by atoms with Crippen LogP contribution < -0.4 is 10.1 Å². The van der Waals surface area contributed by atoms with Gasteiger partial charge in [-0.2, -0.15) is 0 Å². The van der Waals surface area contributed by atoms with Crippen LogP contribution in [0, 0.1) is 0 Å². The van der Waals surface area contributed by atoms with Gasteiger partial charge in [0.25, 0.3) is 5.91 Å². The maximum atomic E-state index is 12.7. The molecule has 2 amide bonds. The summed E-state index contributed by atoms with van der Waals surface area (Å²) in [7, 11) is 0. The molecule has 1 aliphatic heterocycles. The fraction of sp³-hybridized carbons (Fsp3) is 0.318. The molecule has 150 valence electrons. The van der Waals surface area contributed by atoms with Crippen LogP contribution in [0.25, 0.3) is 10.2 Å². The Morgan fingerprint density at radius 1 is 1.28 bits per heavy atom. The summed E-state index contributed by atoms with van der Waals surface area (Å²) in [5, 5.41) is 3.88. The summed E-state index contributed by atoms with van der Waals surface area (Å²) in [4.78, 5) is 30.8. The Morgan fingerprint density at radius 2 is 2.14 bits per heavy atom. The van der Waals surface area contributed by atoms with Gasteiger partial charge < -0.3 is 15.0 Å². The molecule has 1 atom stereocenters. The molecule has 0 bridgehead atoms. The van der Waals surface area contributed by atoms with Gasteiger partial charge in [0, 0.05) is 18.5 Å². The minimum atomic E-state index is -0.189. The van der Waals surface area contributed by atoms with Gasteiger partial charge in [-0.05, 0) is 43.7 Å². The summed E-state index contributed by atoms with van der Waals surface area (Å²) >= 11 is 1.59. The summed E-state index contributed by atoms with van der Waals surface area (Å²) in [5.41, 5.74) is 1.48. The van der Waals surface area contributed by atoms with Crippen molar-refractivity contribution < 1.29 is 14.3 Å². The van der Waals surface area contributed by atoms with Crippen LogP contribution in [0.1, 0.15) is 41.2 Å².